The molecular formula is C14H27N3O. The first-order chi connectivity index (χ1) is 8.50. The Hall–Kier alpha value is -0.630. The van der Waals surface area contributed by atoms with E-state index in [1.165, 1.54) is 12.8 Å². The van der Waals surface area contributed by atoms with Gasteiger partial charge in [0.25, 0.3) is 0 Å². The SMILES string of the molecule is CNC(C)(C#N)CC(C)N(C)CC1CCCOC1. The Morgan fingerprint density at radius 2 is 2.33 bits per heavy atom. The molecule has 0 saturated carbocycles. The third kappa shape index (κ3) is 4.56. The predicted octanol–water partition coefficient (Wildman–Crippen LogP) is 1.63. The highest BCUT2D eigenvalue weighted by Gasteiger charge is 2.27. The summed E-state index contributed by atoms with van der Waals surface area (Å²) in [5, 5.41) is 12.3. The van der Waals surface area contributed by atoms with Crippen molar-refractivity contribution in [2.75, 3.05) is 33.9 Å². The van der Waals surface area contributed by atoms with Crippen LogP contribution in [0, 0.1) is 17.2 Å². The second-order valence-electron chi connectivity index (χ2n) is 5.77. The molecule has 1 aliphatic rings. The van der Waals surface area contributed by atoms with Gasteiger partial charge in [0.15, 0.2) is 0 Å². The van der Waals surface area contributed by atoms with Gasteiger partial charge in [-0.1, -0.05) is 0 Å². The normalized spacial score (nSPS) is 25.4. The second kappa shape index (κ2) is 7.08. The van der Waals surface area contributed by atoms with Crippen LogP contribution in [0.1, 0.15) is 33.1 Å². The van der Waals surface area contributed by atoms with Gasteiger partial charge in [0, 0.05) is 19.2 Å². The number of nitrogens with one attached hydrogen (secondary N) is 1. The van der Waals surface area contributed by atoms with Crippen LogP contribution in [0.4, 0.5) is 0 Å². The Labute approximate surface area is 111 Å². The van der Waals surface area contributed by atoms with E-state index in [4.69, 9.17) is 4.74 Å². The van der Waals surface area contributed by atoms with Gasteiger partial charge in [0.1, 0.15) is 5.54 Å². The lowest BCUT2D eigenvalue weighted by Crippen LogP contribution is -2.46. The number of rotatable bonds is 6. The van der Waals surface area contributed by atoms with Crippen LogP contribution in [0.5, 0.6) is 0 Å². The number of hydrogen-bond donors (Lipinski definition) is 1. The van der Waals surface area contributed by atoms with Crippen molar-refractivity contribution in [1.29, 1.82) is 5.26 Å². The first-order valence-electron chi connectivity index (χ1n) is 6.89. The Bertz CT molecular complexity index is 283. The molecule has 3 unspecified atom stereocenters. The summed E-state index contributed by atoms with van der Waals surface area (Å²) in [6, 6.07) is 2.75. The molecule has 0 aromatic rings. The third-order valence-corrected chi connectivity index (χ3v) is 4.06. The van der Waals surface area contributed by atoms with E-state index in [0.717, 1.165) is 26.2 Å². The molecule has 1 fully saturated rings. The molecule has 0 aromatic carbocycles. The zero-order valence-electron chi connectivity index (χ0n) is 12.2. The van der Waals surface area contributed by atoms with Gasteiger partial charge in [-0.05, 0) is 53.1 Å². The molecule has 1 aliphatic heterocycles. The highest BCUT2D eigenvalue weighted by Crippen LogP contribution is 2.19. The van der Waals surface area contributed by atoms with E-state index in [-0.39, 0.29) is 0 Å². The van der Waals surface area contributed by atoms with Crippen molar-refractivity contribution in [1.82, 2.24) is 10.2 Å². The van der Waals surface area contributed by atoms with Crippen LogP contribution in [-0.4, -0.2) is 50.3 Å². The zero-order chi connectivity index (χ0) is 13.6. The summed E-state index contributed by atoms with van der Waals surface area (Å²) >= 11 is 0. The fraction of sp³-hybridized carbons (Fsp3) is 0.929. The van der Waals surface area contributed by atoms with E-state index in [1.54, 1.807) is 0 Å². The van der Waals surface area contributed by atoms with Gasteiger partial charge >= 0.3 is 0 Å². The van der Waals surface area contributed by atoms with Crippen LogP contribution in [0.25, 0.3) is 0 Å². The van der Waals surface area contributed by atoms with Crippen molar-refractivity contribution < 1.29 is 4.74 Å². The van der Waals surface area contributed by atoms with Gasteiger partial charge in [0.2, 0.25) is 0 Å². The quantitative estimate of drug-likeness (QED) is 0.781. The molecule has 0 amide bonds. The third-order valence-electron chi connectivity index (χ3n) is 4.06. The van der Waals surface area contributed by atoms with E-state index in [9.17, 15) is 5.26 Å². The largest absolute Gasteiger partial charge is 0.381 e. The molecule has 1 N–H and O–H groups in total. The lowest BCUT2D eigenvalue weighted by atomic mass is 9.94. The van der Waals surface area contributed by atoms with E-state index >= 15 is 0 Å². The van der Waals surface area contributed by atoms with Crippen molar-refractivity contribution in [3.8, 4) is 6.07 Å². The molecule has 1 rings (SSSR count). The molecule has 0 spiro atoms. The topological polar surface area (TPSA) is 48.3 Å². The molecule has 1 heterocycles. The highest BCUT2D eigenvalue weighted by molar-refractivity contribution is 5.04. The van der Waals surface area contributed by atoms with Crippen molar-refractivity contribution in [2.45, 2.75) is 44.7 Å². The van der Waals surface area contributed by atoms with Crippen LogP contribution in [0.3, 0.4) is 0 Å². The fourth-order valence-corrected chi connectivity index (χ4v) is 2.49. The zero-order valence-corrected chi connectivity index (χ0v) is 12.2. The smallest absolute Gasteiger partial charge is 0.105 e. The van der Waals surface area contributed by atoms with E-state index in [2.05, 4.69) is 30.3 Å². The summed E-state index contributed by atoms with van der Waals surface area (Å²) in [7, 11) is 4.00. The maximum Gasteiger partial charge on any atom is 0.105 e. The Morgan fingerprint density at radius 3 is 2.83 bits per heavy atom. The Kier molecular flexibility index (Phi) is 6.07. The van der Waals surface area contributed by atoms with Crippen molar-refractivity contribution >= 4 is 0 Å². The lowest BCUT2D eigenvalue weighted by Gasteiger charge is -2.34. The average molecular weight is 253 g/mol. The molecule has 4 heteroatoms. The van der Waals surface area contributed by atoms with Crippen molar-refractivity contribution in [2.24, 2.45) is 5.92 Å². The number of nitriles is 1. The maximum absolute atomic E-state index is 9.19. The molecule has 104 valence electrons. The maximum atomic E-state index is 9.19. The minimum Gasteiger partial charge on any atom is -0.381 e. The van der Waals surface area contributed by atoms with Gasteiger partial charge in [-0.2, -0.15) is 5.26 Å². The molecule has 0 aliphatic carbocycles. The summed E-state index contributed by atoms with van der Waals surface area (Å²) < 4.78 is 5.51. The van der Waals surface area contributed by atoms with Gasteiger partial charge < -0.3 is 15.0 Å². The molecule has 18 heavy (non-hydrogen) atoms. The minimum atomic E-state index is -0.434. The molecular weight excluding hydrogens is 226 g/mol. The first-order valence-corrected chi connectivity index (χ1v) is 6.89. The molecule has 3 atom stereocenters. The molecule has 4 nitrogen and oxygen atoms in total. The molecule has 0 radical (unpaired) electrons. The monoisotopic (exact) mass is 253 g/mol. The summed E-state index contributed by atoms with van der Waals surface area (Å²) in [5.74, 6) is 0.647. The molecule has 1 saturated heterocycles. The minimum absolute atomic E-state index is 0.393. The summed E-state index contributed by atoms with van der Waals surface area (Å²) in [6.45, 7) is 7.02. The van der Waals surface area contributed by atoms with Crippen LogP contribution in [0.15, 0.2) is 0 Å². The fourth-order valence-electron chi connectivity index (χ4n) is 2.49. The van der Waals surface area contributed by atoms with Gasteiger partial charge in [-0.3, -0.25) is 0 Å². The van der Waals surface area contributed by atoms with Gasteiger partial charge in [-0.25, -0.2) is 0 Å². The molecule has 0 aromatic heterocycles. The Balaban J connectivity index is 2.40. The van der Waals surface area contributed by atoms with E-state index in [1.807, 2.05) is 14.0 Å². The average Bonchev–Trinajstić information content (AvgIpc) is 2.39. The van der Waals surface area contributed by atoms with Crippen LogP contribution < -0.4 is 5.32 Å². The Morgan fingerprint density at radius 1 is 1.61 bits per heavy atom. The summed E-state index contributed by atoms with van der Waals surface area (Å²) in [6.07, 6.45) is 3.28. The van der Waals surface area contributed by atoms with Crippen LogP contribution in [-0.2, 0) is 4.74 Å². The number of nitrogens with zero attached hydrogens (tertiary/aromatic N) is 2. The standard InChI is InChI=1S/C14H27N3O/c1-12(8-14(2,11-15)16-3)17(4)9-13-6-5-7-18-10-13/h12-13,16H,5-10H2,1-4H3. The number of hydrogen-bond acceptors (Lipinski definition) is 4. The van der Waals surface area contributed by atoms with Gasteiger partial charge in [-0.15, -0.1) is 0 Å². The van der Waals surface area contributed by atoms with Crippen LogP contribution in [0.2, 0.25) is 0 Å². The van der Waals surface area contributed by atoms with Crippen LogP contribution >= 0.6 is 0 Å². The van der Waals surface area contributed by atoms with E-state index in [0.29, 0.717) is 12.0 Å². The summed E-state index contributed by atoms with van der Waals surface area (Å²) in [5.41, 5.74) is -0.434. The van der Waals surface area contributed by atoms with Gasteiger partial charge in [0.05, 0.1) is 12.7 Å². The van der Waals surface area contributed by atoms with E-state index < -0.39 is 5.54 Å². The highest BCUT2D eigenvalue weighted by atomic mass is 16.5. The molecule has 0 bridgehead atoms. The van der Waals surface area contributed by atoms with Crippen molar-refractivity contribution in [3.05, 3.63) is 0 Å². The predicted molar refractivity (Wildman–Crippen MR) is 73.3 cm³/mol. The first kappa shape index (κ1) is 15.4. The van der Waals surface area contributed by atoms with Crippen molar-refractivity contribution in [3.63, 3.8) is 0 Å². The second-order valence-corrected chi connectivity index (χ2v) is 5.77. The number of ether oxygens (including phenoxy) is 1. The lowest BCUT2D eigenvalue weighted by molar-refractivity contribution is 0.0356. The summed E-state index contributed by atoms with van der Waals surface area (Å²) in [4.78, 5) is 2.35.